The monoisotopic (exact) mass is 435 g/mol. The Hall–Kier alpha value is -3.32. The Balaban J connectivity index is 1.94. The Morgan fingerprint density at radius 2 is 1.79 bits per heavy atom. The lowest BCUT2D eigenvalue weighted by molar-refractivity contribution is -0.132. The molecule has 0 saturated carbocycles. The minimum Gasteiger partial charge on any atom is -0.507 e. The number of amides is 1. The highest BCUT2D eigenvalue weighted by Gasteiger charge is 2.47. The predicted molar refractivity (Wildman–Crippen MR) is 107 cm³/mol. The van der Waals surface area contributed by atoms with Crippen LogP contribution in [0.25, 0.3) is 5.76 Å². The Labute approximate surface area is 169 Å². The van der Waals surface area contributed by atoms with Crippen molar-refractivity contribution in [3.63, 3.8) is 0 Å². The molecule has 138 valence electrons. The number of Topliss-reactive ketones (excluding diaryl/α,β-unsaturated/α-hetero) is 1. The first-order chi connectivity index (χ1) is 13.6. The highest BCUT2D eigenvalue weighted by Crippen LogP contribution is 2.41. The molecule has 1 amide bonds. The van der Waals surface area contributed by atoms with Gasteiger partial charge in [0.05, 0.1) is 11.6 Å². The van der Waals surface area contributed by atoms with Crippen molar-refractivity contribution in [1.29, 1.82) is 0 Å². The van der Waals surface area contributed by atoms with E-state index in [4.69, 9.17) is 0 Å². The van der Waals surface area contributed by atoms with Gasteiger partial charge in [0, 0.05) is 28.6 Å². The number of aliphatic hydroxyl groups is 1. The maximum Gasteiger partial charge on any atom is 0.301 e. The zero-order chi connectivity index (χ0) is 19.7. The molecule has 1 fully saturated rings. The molecule has 7 heteroatoms. The van der Waals surface area contributed by atoms with Crippen LogP contribution in [0.15, 0.2) is 83.2 Å². The minimum absolute atomic E-state index is 0.00553. The smallest absolute Gasteiger partial charge is 0.301 e. The lowest BCUT2D eigenvalue weighted by atomic mass is 9.96. The fourth-order valence-electron chi connectivity index (χ4n) is 3.18. The lowest BCUT2D eigenvalue weighted by Gasteiger charge is -2.24. The summed E-state index contributed by atoms with van der Waals surface area (Å²) in [4.78, 5) is 35.4. The molecular weight excluding hydrogens is 422 g/mol. The van der Waals surface area contributed by atoms with E-state index in [2.05, 4.69) is 25.9 Å². The van der Waals surface area contributed by atoms with Crippen molar-refractivity contribution >= 4 is 39.2 Å². The molecular formula is C21H14BrN3O3. The maximum absolute atomic E-state index is 12.9. The van der Waals surface area contributed by atoms with E-state index in [-0.39, 0.29) is 11.3 Å². The number of nitrogens with zero attached hydrogens (tertiary/aromatic N) is 3. The summed E-state index contributed by atoms with van der Waals surface area (Å²) in [5.41, 5.74) is 1.05. The second-order valence-electron chi connectivity index (χ2n) is 6.15. The summed E-state index contributed by atoms with van der Waals surface area (Å²) < 4.78 is 0.835. The summed E-state index contributed by atoms with van der Waals surface area (Å²) >= 11 is 3.34. The molecule has 6 nitrogen and oxygen atoms in total. The standard InChI is InChI=1S/C21H14BrN3O3/c22-15-8-6-13(7-9-15)19(26)17-18(14-4-3-10-23-12-14)25(21(28)20(17)27)16-5-1-2-11-24-16/h1-12,18,26H/t18-/m0/s1. The molecule has 0 spiro atoms. The van der Waals surface area contributed by atoms with Crippen LogP contribution in [0.4, 0.5) is 5.82 Å². The molecule has 1 aromatic carbocycles. The largest absolute Gasteiger partial charge is 0.507 e. The van der Waals surface area contributed by atoms with Gasteiger partial charge in [0.15, 0.2) is 0 Å². The maximum atomic E-state index is 12.9. The van der Waals surface area contributed by atoms with Crippen molar-refractivity contribution in [2.75, 3.05) is 4.90 Å². The van der Waals surface area contributed by atoms with Gasteiger partial charge in [0.2, 0.25) is 0 Å². The molecule has 1 atom stereocenters. The number of carbonyl (C=O) groups is 2. The summed E-state index contributed by atoms with van der Waals surface area (Å²) in [6, 6.07) is 14.6. The number of ketones is 1. The van der Waals surface area contributed by atoms with Crippen molar-refractivity contribution in [1.82, 2.24) is 9.97 Å². The summed E-state index contributed by atoms with van der Waals surface area (Å²) in [5.74, 6) is -1.42. The molecule has 1 aliphatic heterocycles. The number of hydrogen-bond acceptors (Lipinski definition) is 5. The zero-order valence-corrected chi connectivity index (χ0v) is 16.1. The third-order valence-corrected chi connectivity index (χ3v) is 4.99. The molecule has 1 saturated heterocycles. The number of aliphatic hydroxyl groups excluding tert-OH is 1. The van der Waals surface area contributed by atoms with Crippen LogP contribution in [0.1, 0.15) is 17.2 Å². The van der Waals surface area contributed by atoms with Crippen LogP contribution < -0.4 is 4.90 Å². The molecule has 0 bridgehead atoms. The molecule has 3 heterocycles. The third-order valence-electron chi connectivity index (χ3n) is 4.46. The van der Waals surface area contributed by atoms with E-state index in [1.807, 2.05) is 0 Å². The first-order valence-corrected chi connectivity index (χ1v) is 9.25. The summed E-state index contributed by atoms with van der Waals surface area (Å²) in [7, 11) is 0. The van der Waals surface area contributed by atoms with Crippen molar-refractivity contribution in [2.45, 2.75) is 6.04 Å². The molecule has 3 aromatic rings. The molecule has 0 radical (unpaired) electrons. The normalized spacial score (nSPS) is 18.5. The highest BCUT2D eigenvalue weighted by molar-refractivity contribution is 9.10. The topological polar surface area (TPSA) is 83.4 Å². The van der Waals surface area contributed by atoms with Gasteiger partial charge in [0.1, 0.15) is 11.6 Å². The van der Waals surface area contributed by atoms with Gasteiger partial charge in [-0.25, -0.2) is 4.98 Å². The number of anilines is 1. The number of halogens is 1. The van der Waals surface area contributed by atoms with Gasteiger partial charge in [-0.3, -0.25) is 19.5 Å². The minimum atomic E-state index is -0.827. The number of aromatic nitrogens is 2. The van der Waals surface area contributed by atoms with Crippen LogP contribution in [0.2, 0.25) is 0 Å². The van der Waals surface area contributed by atoms with Gasteiger partial charge < -0.3 is 5.11 Å². The molecule has 0 unspecified atom stereocenters. The second kappa shape index (κ2) is 7.36. The van der Waals surface area contributed by atoms with E-state index >= 15 is 0 Å². The number of pyridine rings is 2. The quantitative estimate of drug-likeness (QED) is 0.383. The first kappa shape index (κ1) is 18.1. The van der Waals surface area contributed by atoms with Crippen LogP contribution in [0.3, 0.4) is 0 Å². The molecule has 1 N–H and O–H groups in total. The molecule has 0 aliphatic carbocycles. The predicted octanol–water partition coefficient (Wildman–Crippen LogP) is 3.87. The average Bonchev–Trinajstić information content (AvgIpc) is 3.00. The highest BCUT2D eigenvalue weighted by atomic mass is 79.9. The van der Waals surface area contributed by atoms with E-state index < -0.39 is 17.7 Å². The van der Waals surface area contributed by atoms with Crippen molar-refractivity contribution < 1.29 is 14.7 Å². The number of carbonyl (C=O) groups excluding carboxylic acids is 2. The van der Waals surface area contributed by atoms with Crippen molar-refractivity contribution in [3.05, 3.63) is 94.4 Å². The molecule has 1 aliphatic rings. The van der Waals surface area contributed by atoms with Crippen LogP contribution >= 0.6 is 15.9 Å². The Morgan fingerprint density at radius 3 is 2.43 bits per heavy atom. The Bertz CT molecular complexity index is 1070. The van der Waals surface area contributed by atoms with E-state index in [1.54, 1.807) is 73.2 Å². The zero-order valence-electron chi connectivity index (χ0n) is 14.5. The van der Waals surface area contributed by atoms with E-state index in [0.717, 1.165) is 4.47 Å². The number of rotatable bonds is 3. The average molecular weight is 436 g/mol. The molecule has 4 rings (SSSR count). The fourth-order valence-corrected chi connectivity index (χ4v) is 3.45. The number of hydrogen-bond donors (Lipinski definition) is 1. The van der Waals surface area contributed by atoms with E-state index in [1.165, 1.54) is 4.90 Å². The first-order valence-electron chi connectivity index (χ1n) is 8.46. The van der Waals surface area contributed by atoms with Crippen molar-refractivity contribution in [2.24, 2.45) is 0 Å². The lowest BCUT2D eigenvalue weighted by Crippen LogP contribution is -2.30. The summed E-state index contributed by atoms with van der Waals surface area (Å²) in [6.07, 6.45) is 4.72. The van der Waals surface area contributed by atoms with Gasteiger partial charge in [-0.05, 0) is 35.9 Å². The van der Waals surface area contributed by atoms with Crippen molar-refractivity contribution in [3.8, 4) is 0 Å². The SMILES string of the molecule is O=C1C(=O)N(c2ccccn2)[C@@H](c2cccnc2)C1=C(O)c1ccc(Br)cc1. The second-order valence-corrected chi connectivity index (χ2v) is 7.07. The van der Waals surface area contributed by atoms with Gasteiger partial charge in [-0.1, -0.05) is 40.2 Å². The van der Waals surface area contributed by atoms with E-state index in [9.17, 15) is 14.7 Å². The van der Waals surface area contributed by atoms with Gasteiger partial charge >= 0.3 is 5.91 Å². The van der Waals surface area contributed by atoms with Crippen LogP contribution in [-0.2, 0) is 9.59 Å². The summed E-state index contributed by atoms with van der Waals surface area (Å²) in [6.45, 7) is 0. The number of benzene rings is 1. The van der Waals surface area contributed by atoms with Crippen LogP contribution in [0.5, 0.6) is 0 Å². The third kappa shape index (κ3) is 3.10. The van der Waals surface area contributed by atoms with E-state index in [0.29, 0.717) is 16.9 Å². The van der Waals surface area contributed by atoms with Gasteiger partial charge in [-0.2, -0.15) is 0 Å². The van der Waals surface area contributed by atoms with Gasteiger partial charge in [-0.15, -0.1) is 0 Å². The van der Waals surface area contributed by atoms with Crippen LogP contribution in [0, 0.1) is 0 Å². The Kier molecular flexibility index (Phi) is 4.75. The Morgan fingerprint density at radius 1 is 1.00 bits per heavy atom. The van der Waals surface area contributed by atoms with Crippen LogP contribution in [-0.4, -0.2) is 26.8 Å². The molecule has 2 aromatic heterocycles. The molecule has 28 heavy (non-hydrogen) atoms. The summed E-state index contributed by atoms with van der Waals surface area (Å²) in [5, 5.41) is 10.9. The fraction of sp³-hybridized carbons (Fsp3) is 0.0476. The van der Waals surface area contributed by atoms with Gasteiger partial charge in [0.25, 0.3) is 5.78 Å².